The molecule has 0 atom stereocenters. The summed E-state index contributed by atoms with van der Waals surface area (Å²) >= 11 is 0. The van der Waals surface area contributed by atoms with Gasteiger partial charge in [0.25, 0.3) is 0 Å². The molecule has 4 N–H and O–H groups in total. The second kappa shape index (κ2) is 5.80. The Morgan fingerprint density at radius 3 is 2.31 bits per heavy atom. The fourth-order valence-corrected chi connectivity index (χ4v) is 1.59. The highest BCUT2D eigenvalue weighted by atomic mass is 32.2. The maximum Gasteiger partial charge on any atom is 0.185 e. The van der Waals surface area contributed by atoms with Crippen molar-refractivity contribution in [3.05, 3.63) is 0 Å². The van der Waals surface area contributed by atoms with Gasteiger partial charge in [-0.1, -0.05) is 6.42 Å². The third-order valence-electron chi connectivity index (χ3n) is 1.47. The third kappa shape index (κ3) is 11.2. The van der Waals surface area contributed by atoms with Gasteiger partial charge in [0.05, 0.1) is 0 Å². The maximum atomic E-state index is 10.7. The van der Waals surface area contributed by atoms with Crippen LogP contribution in [0.15, 0.2) is 4.99 Å². The summed E-state index contributed by atoms with van der Waals surface area (Å²) in [6.07, 6.45) is 3.58. The Morgan fingerprint density at radius 2 is 1.85 bits per heavy atom. The van der Waals surface area contributed by atoms with Gasteiger partial charge in [0, 0.05) is 18.6 Å². The van der Waals surface area contributed by atoms with Crippen molar-refractivity contribution in [3.8, 4) is 0 Å². The van der Waals surface area contributed by atoms with Crippen LogP contribution in [0.4, 0.5) is 0 Å². The molecule has 0 amide bonds. The Balaban J connectivity index is 3.33. The summed E-state index contributed by atoms with van der Waals surface area (Å²) in [5, 5.41) is 0. The predicted molar refractivity (Wildman–Crippen MR) is 54.2 cm³/mol. The quantitative estimate of drug-likeness (QED) is 0.347. The molecular formula is C7H17N3O2S. The van der Waals surface area contributed by atoms with Crippen LogP contribution < -0.4 is 11.5 Å². The van der Waals surface area contributed by atoms with Crippen LogP contribution in [-0.4, -0.2) is 32.9 Å². The van der Waals surface area contributed by atoms with Crippen molar-refractivity contribution in [1.82, 2.24) is 0 Å². The zero-order chi connectivity index (χ0) is 10.3. The molecule has 0 aliphatic rings. The summed E-state index contributed by atoms with van der Waals surface area (Å²) in [5.74, 6) is 0.331. The predicted octanol–water partition coefficient (Wildman–Crippen LogP) is -0.525. The summed E-state index contributed by atoms with van der Waals surface area (Å²) < 4.78 is 21.4. The van der Waals surface area contributed by atoms with Gasteiger partial charge in [-0.2, -0.15) is 0 Å². The first-order valence-corrected chi connectivity index (χ1v) is 6.21. The van der Waals surface area contributed by atoms with Gasteiger partial charge in [-0.25, -0.2) is 8.42 Å². The van der Waals surface area contributed by atoms with Crippen molar-refractivity contribution in [2.24, 2.45) is 16.5 Å². The van der Waals surface area contributed by atoms with E-state index in [1.807, 2.05) is 0 Å². The smallest absolute Gasteiger partial charge is 0.185 e. The van der Waals surface area contributed by atoms with Gasteiger partial charge in [0.15, 0.2) is 5.96 Å². The summed E-state index contributed by atoms with van der Waals surface area (Å²) in [6.45, 7) is 0.575. The molecule has 13 heavy (non-hydrogen) atoms. The van der Waals surface area contributed by atoms with E-state index in [0.29, 0.717) is 13.0 Å². The molecule has 5 nitrogen and oxygen atoms in total. The summed E-state index contributed by atoms with van der Waals surface area (Å²) in [4.78, 5) is 3.78. The highest BCUT2D eigenvalue weighted by Crippen LogP contribution is 1.98. The molecule has 6 heteroatoms. The number of rotatable bonds is 6. The SMILES string of the molecule is CS(=O)(=O)CCCCCN=C(N)N. The van der Waals surface area contributed by atoms with Crippen LogP contribution in [0.3, 0.4) is 0 Å². The Kier molecular flexibility index (Phi) is 5.45. The summed E-state index contributed by atoms with van der Waals surface area (Å²) in [5.41, 5.74) is 10.2. The highest BCUT2D eigenvalue weighted by molar-refractivity contribution is 7.90. The van der Waals surface area contributed by atoms with Gasteiger partial charge >= 0.3 is 0 Å². The lowest BCUT2D eigenvalue weighted by Gasteiger charge is -1.97. The van der Waals surface area contributed by atoms with E-state index in [2.05, 4.69) is 4.99 Å². The van der Waals surface area contributed by atoms with Crippen molar-refractivity contribution < 1.29 is 8.42 Å². The van der Waals surface area contributed by atoms with Gasteiger partial charge in [-0.15, -0.1) is 0 Å². The molecule has 0 fully saturated rings. The van der Waals surface area contributed by atoms with Crippen LogP contribution in [0.5, 0.6) is 0 Å². The van der Waals surface area contributed by atoms with Crippen molar-refractivity contribution in [1.29, 1.82) is 0 Å². The Labute approximate surface area is 79.1 Å². The second-order valence-corrected chi connectivity index (χ2v) is 5.26. The van der Waals surface area contributed by atoms with Crippen LogP contribution >= 0.6 is 0 Å². The molecule has 0 aromatic rings. The number of nitrogens with two attached hydrogens (primary N) is 2. The van der Waals surface area contributed by atoms with Gasteiger partial charge in [-0.05, 0) is 12.8 Å². The molecule has 0 unspecified atom stereocenters. The number of unbranched alkanes of at least 4 members (excludes halogenated alkanes) is 2. The van der Waals surface area contributed by atoms with Gasteiger partial charge in [-0.3, -0.25) is 4.99 Å². The van der Waals surface area contributed by atoms with Crippen molar-refractivity contribution in [3.63, 3.8) is 0 Å². The average molecular weight is 207 g/mol. The molecule has 0 spiro atoms. The number of guanidine groups is 1. The van der Waals surface area contributed by atoms with E-state index in [9.17, 15) is 8.42 Å². The largest absolute Gasteiger partial charge is 0.370 e. The molecule has 0 aliphatic heterocycles. The van der Waals surface area contributed by atoms with Gasteiger partial charge in [0.2, 0.25) is 0 Å². The van der Waals surface area contributed by atoms with Crippen LogP contribution in [0, 0.1) is 0 Å². The normalized spacial score (nSPS) is 11.2. The van der Waals surface area contributed by atoms with Crippen LogP contribution in [0.2, 0.25) is 0 Å². The third-order valence-corrected chi connectivity index (χ3v) is 2.50. The molecule has 0 saturated heterocycles. The number of sulfone groups is 1. The van der Waals surface area contributed by atoms with Crippen molar-refractivity contribution >= 4 is 15.8 Å². The molecule has 0 saturated carbocycles. The van der Waals surface area contributed by atoms with Crippen molar-refractivity contribution in [2.45, 2.75) is 19.3 Å². The Morgan fingerprint density at radius 1 is 1.23 bits per heavy atom. The molecule has 0 aromatic carbocycles. The standard InChI is InChI=1S/C7H17N3O2S/c1-13(11,12)6-4-2-3-5-10-7(8)9/h2-6H2,1H3,(H4,8,9,10). The van der Waals surface area contributed by atoms with E-state index in [1.165, 1.54) is 6.26 Å². The van der Waals surface area contributed by atoms with Gasteiger partial charge < -0.3 is 11.5 Å². The lowest BCUT2D eigenvalue weighted by atomic mass is 10.2. The monoisotopic (exact) mass is 207 g/mol. The molecule has 78 valence electrons. The number of aliphatic imine (C=N–C) groups is 1. The maximum absolute atomic E-state index is 10.7. The summed E-state index contributed by atoms with van der Waals surface area (Å²) in [6, 6.07) is 0. The number of hydrogen-bond donors (Lipinski definition) is 2. The molecule has 0 rings (SSSR count). The molecular weight excluding hydrogens is 190 g/mol. The first-order chi connectivity index (χ1) is 5.92. The average Bonchev–Trinajstić information content (AvgIpc) is 1.93. The minimum atomic E-state index is -2.81. The van der Waals surface area contributed by atoms with E-state index < -0.39 is 9.84 Å². The molecule has 0 radical (unpaired) electrons. The molecule has 0 heterocycles. The fourth-order valence-electron chi connectivity index (χ4n) is 0.861. The van der Waals surface area contributed by atoms with E-state index in [1.54, 1.807) is 0 Å². The number of nitrogens with zero attached hydrogens (tertiary/aromatic N) is 1. The van der Waals surface area contributed by atoms with Gasteiger partial charge in [0.1, 0.15) is 9.84 Å². The molecule has 0 aromatic heterocycles. The Hall–Kier alpha value is -0.780. The van der Waals surface area contributed by atoms with E-state index in [-0.39, 0.29) is 11.7 Å². The Bertz CT molecular complexity index is 255. The molecule has 0 aliphatic carbocycles. The van der Waals surface area contributed by atoms with Crippen LogP contribution in [-0.2, 0) is 9.84 Å². The van der Waals surface area contributed by atoms with E-state index >= 15 is 0 Å². The van der Waals surface area contributed by atoms with E-state index in [4.69, 9.17) is 11.5 Å². The summed E-state index contributed by atoms with van der Waals surface area (Å²) in [7, 11) is -2.81. The minimum Gasteiger partial charge on any atom is -0.370 e. The highest BCUT2D eigenvalue weighted by Gasteiger charge is 2.00. The first-order valence-electron chi connectivity index (χ1n) is 4.15. The fraction of sp³-hybridized carbons (Fsp3) is 0.857. The molecule has 0 bridgehead atoms. The zero-order valence-electron chi connectivity index (χ0n) is 7.86. The minimum absolute atomic E-state index is 0.0862. The zero-order valence-corrected chi connectivity index (χ0v) is 8.68. The lowest BCUT2D eigenvalue weighted by Crippen LogP contribution is -2.22. The first kappa shape index (κ1) is 12.2. The van der Waals surface area contributed by atoms with E-state index in [0.717, 1.165) is 12.8 Å². The van der Waals surface area contributed by atoms with Crippen LogP contribution in [0.1, 0.15) is 19.3 Å². The lowest BCUT2D eigenvalue weighted by molar-refractivity contribution is 0.595. The van der Waals surface area contributed by atoms with Crippen LogP contribution in [0.25, 0.3) is 0 Å². The number of hydrogen-bond acceptors (Lipinski definition) is 3. The second-order valence-electron chi connectivity index (χ2n) is 3.00. The van der Waals surface area contributed by atoms with Crippen molar-refractivity contribution in [2.75, 3.05) is 18.6 Å². The topological polar surface area (TPSA) is 98.5 Å².